The molecule has 1 aliphatic carbocycles. The molecule has 0 bridgehead atoms. The molecule has 1 aromatic carbocycles. The lowest BCUT2D eigenvalue weighted by atomic mass is 10.1. The van der Waals surface area contributed by atoms with Crippen molar-refractivity contribution >= 4 is 21.4 Å². The maximum absolute atomic E-state index is 13.7. The van der Waals surface area contributed by atoms with E-state index in [0.717, 1.165) is 18.7 Å². The Balaban J connectivity index is 1.84. The molecule has 0 N–H and O–H groups in total. The normalized spacial score (nSPS) is 25.7. The predicted octanol–water partition coefficient (Wildman–Crippen LogP) is 4.29. The van der Waals surface area contributed by atoms with E-state index in [2.05, 4.69) is 76.8 Å². The second kappa shape index (κ2) is 8.97. The Hall–Kier alpha value is -1.82. The van der Waals surface area contributed by atoms with Crippen LogP contribution in [0.1, 0.15) is 53.5 Å². The van der Waals surface area contributed by atoms with Crippen LogP contribution in [0.5, 0.6) is 0 Å². The highest BCUT2D eigenvalue weighted by Crippen LogP contribution is 2.60. The third-order valence-corrected chi connectivity index (χ3v) is 8.79. The minimum atomic E-state index is -3.07. The van der Waals surface area contributed by atoms with Gasteiger partial charge in [-0.05, 0) is 63.1 Å². The molecule has 0 aromatic heterocycles. The molecule has 31 heavy (non-hydrogen) atoms. The predicted molar refractivity (Wildman–Crippen MR) is 128 cm³/mol. The van der Waals surface area contributed by atoms with Gasteiger partial charge in [0.05, 0.1) is 17.4 Å². The minimum Gasteiger partial charge on any atom is -0.372 e. The topological polar surface area (TPSA) is 57.7 Å². The maximum atomic E-state index is 13.7. The summed E-state index contributed by atoms with van der Waals surface area (Å²) in [6, 6.07) is 8.11. The van der Waals surface area contributed by atoms with Crippen LogP contribution in [0, 0.1) is 17.3 Å². The molecule has 1 saturated carbocycles. The Bertz CT molecular complexity index is 926. The van der Waals surface area contributed by atoms with Crippen LogP contribution in [-0.2, 0) is 21.2 Å². The van der Waals surface area contributed by atoms with Crippen molar-refractivity contribution in [1.82, 2.24) is 4.90 Å². The van der Waals surface area contributed by atoms with E-state index in [0.29, 0.717) is 13.0 Å². The lowest BCUT2D eigenvalue weighted by Gasteiger charge is -2.29. The van der Waals surface area contributed by atoms with E-state index in [9.17, 15) is 13.2 Å². The van der Waals surface area contributed by atoms with E-state index < -0.39 is 9.84 Å². The SMILES string of the molecule is CCN(CC)c1ccc(CN(C(=O)[C@@H]2[C@@H](C=C(C)C)C2(C)C)[C@H]2CCS(=O)(=O)C2)cc1. The monoisotopic (exact) mass is 446 g/mol. The summed E-state index contributed by atoms with van der Waals surface area (Å²) >= 11 is 0. The molecule has 1 aliphatic heterocycles. The van der Waals surface area contributed by atoms with Crippen molar-refractivity contribution < 1.29 is 13.2 Å². The van der Waals surface area contributed by atoms with E-state index in [1.54, 1.807) is 0 Å². The van der Waals surface area contributed by atoms with Gasteiger partial charge < -0.3 is 9.80 Å². The van der Waals surface area contributed by atoms with Crippen LogP contribution in [0.3, 0.4) is 0 Å². The number of rotatable bonds is 8. The van der Waals surface area contributed by atoms with E-state index >= 15 is 0 Å². The highest BCUT2D eigenvalue weighted by molar-refractivity contribution is 7.91. The first-order valence-electron chi connectivity index (χ1n) is 11.5. The molecule has 3 rings (SSSR count). The van der Waals surface area contributed by atoms with Crippen LogP contribution in [0.25, 0.3) is 0 Å². The first kappa shape index (κ1) is 23.8. The van der Waals surface area contributed by atoms with Crippen LogP contribution in [0.2, 0.25) is 0 Å². The van der Waals surface area contributed by atoms with Crippen molar-refractivity contribution in [3.63, 3.8) is 0 Å². The van der Waals surface area contributed by atoms with Crippen LogP contribution >= 0.6 is 0 Å². The molecule has 3 atom stereocenters. The average Bonchev–Trinajstić information content (AvgIpc) is 3.02. The standard InChI is InChI=1S/C25H38N2O3S/c1-7-26(8-2)20-11-9-19(10-12-20)16-27(21-13-14-31(29,30)17-21)24(28)23-22(15-18(3)4)25(23,5)6/h9-12,15,21-23H,7-8,13-14,16-17H2,1-6H3/t21-,22+,23-/m0/s1. The fraction of sp³-hybridized carbons (Fsp3) is 0.640. The molecule has 1 saturated heterocycles. The molecule has 5 nitrogen and oxygen atoms in total. The molecule has 2 aliphatic rings. The maximum Gasteiger partial charge on any atom is 0.227 e. The molecule has 1 heterocycles. The van der Waals surface area contributed by atoms with Gasteiger partial charge in [0.2, 0.25) is 5.91 Å². The Morgan fingerprint density at radius 2 is 1.74 bits per heavy atom. The van der Waals surface area contributed by atoms with Gasteiger partial charge in [-0.3, -0.25) is 4.79 Å². The molecular formula is C25H38N2O3S. The summed E-state index contributed by atoms with van der Waals surface area (Å²) in [6.45, 7) is 15.0. The molecule has 1 amide bonds. The molecule has 172 valence electrons. The summed E-state index contributed by atoms with van der Waals surface area (Å²) in [6.07, 6.45) is 2.73. The quantitative estimate of drug-likeness (QED) is 0.559. The Morgan fingerprint density at radius 1 is 1.13 bits per heavy atom. The number of hydrogen-bond acceptors (Lipinski definition) is 4. The fourth-order valence-electron chi connectivity index (χ4n) is 5.00. The van der Waals surface area contributed by atoms with Gasteiger partial charge in [0, 0.05) is 31.4 Å². The zero-order valence-electron chi connectivity index (χ0n) is 19.9. The van der Waals surface area contributed by atoms with Gasteiger partial charge in [-0.25, -0.2) is 8.42 Å². The van der Waals surface area contributed by atoms with Gasteiger partial charge in [-0.2, -0.15) is 0 Å². The number of nitrogens with zero attached hydrogens (tertiary/aromatic N) is 2. The van der Waals surface area contributed by atoms with Gasteiger partial charge >= 0.3 is 0 Å². The van der Waals surface area contributed by atoms with Crippen molar-refractivity contribution in [2.75, 3.05) is 29.5 Å². The van der Waals surface area contributed by atoms with Crippen molar-refractivity contribution in [2.24, 2.45) is 17.3 Å². The summed E-state index contributed by atoms with van der Waals surface area (Å²) in [4.78, 5) is 17.8. The third kappa shape index (κ3) is 5.16. The highest BCUT2D eigenvalue weighted by Gasteiger charge is 2.61. The van der Waals surface area contributed by atoms with Crippen molar-refractivity contribution in [3.05, 3.63) is 41.5 Å². The molecule has 0 radical (unpaired) electrons. The van der Waals surface area contributed by atoms with E-state index in [4.69, 9.17) is 0 Å². The number of allylic oxidation sites excluding steroid dienone is 2. The summed E-state index contributed by atoms with van der Waals surface area (Å²) < 4.78 is 24.4. The van der Waals surface area contributed by atoms with Gasteiger partial charge in [0.15, 0.2) is 9.84 Å². The molecule has 2 fully saturated rings. The fourth-order valence-corrected chi connectivity index (χ4v) is 6.73. The molecule has 6 heteroatoms. The van der Waals surface area contributed by atoms with Crippen LogP contribution < -0.4 is 4.90 Å². The van der Waals surface area contributed by atoms with Crippen LogP contribution in [-0.4, -0.2) is 49.9 Å². The van der Waals surface area contributed by atoms with Crippen LogP contribution in [0.4, 0.5) is 5.69 Å². The number of amides is 1. The van der Waals surface area contributed by atoms with Gasteiger partial charge in [0.1, 0.15) is 0 Å². The molecule has 1 aromatic rings. The second-order valence-electron chi connectivity index (χ2n) is 9.93. The summed E-state index contributed by atoms with van der Waals surface area (Å²) in [5.41, 5.74) is 3.35. The van der Waals surface area contributed by atoms with E-state index in [-0.39, 0.29) is 40.7 Å². The summed E-state index contributed by atoms with van der Waals surface area (Å²) in [7, 11) is -3.07. The number of carbonyl (C=O) groups excluding carboxylic acids is 1. The van der Waals surface area contributed by atoms with E-state index in [1.807, 2.05) is 4.90 Å². The summed E-state index contributed by atoms with van der Waals surface area (Å²) in [5.74, 6) is 0.489. The number of carbonyl (C=O) groups is 1. The van der Waals surface area contributed by atoms with Crippen molar-refractivity contribution in [1.29, 1.82) is 0 Å². The van der Waals surface area contributed by atoms with E-state index in [1.165, 1.54) is 11.3 Å². The number of anilines is 1. The number of hydrogen-bond donors (Lipinski definition) is 0. The number of benzene rings is 1. The van der Waals surface area contributed by atoms with Crippen LogP contribution in [0.15, 0.2) is 35.9 Å². The Labute approximate surface area is 188 Å². The molecular weight excluding hydrogens is 408 g/mol. The van der Waals surface area contributed by atoms with Gasteiger partial charge in [-0.1, -0.05) is 37.6 Å². The highest BCUT2D eigenvalue weighted by atomic mass is 32.2. The largest absolute Gasteiger partial charge is 0.372 e. The molecule has 0 unspecified atom stereocenters. The number of sulfone groups is 1. The van der Waals surface area contributed by atoms with Crippen molar-refractivity contribution in [2.45, 2.75) is 60.5 Å². The average molecular weight is 447 g/mol. The first-order valence-corrected chi connectivity index (χ1v) is 13.3. The Kier molecular flexibility index (Phi) is 6.90. The zero-order chi connectivity index (χ0) is 23.0. The zero-order valence-corrected chi connectivity index (χ0v) is 20.7. The third-order valence-electron chi connectivity index (χ3n) is 7.04. The molecule has 0 spiro atoms. The Morgan fingerprint density at radius 3 is 2.23 bits per heavy atom. The second-order valence-corrected chi connectivity index (χ2v) is 12.2. The lowest BCUT2D eigenvalue weighted by Crippen LogP contribution is -2.42. The van der Waals surface area contributed by atoms with Gasteiger partial charge in [0.25, 0.3) is 0 Å². The summed E-state index contributed by atoms with van der Waals surface area (Å²) in [5, 5.41) is 0. The van der Waals surface area contributed by atoms with Crippen molar-refractivity contribution in [3.8, 4) is 0 Å². The smallest absolute Gasteiger partial charge is 0.227 e. The van der Waals surface area contributed by atoms with Gasteiger partial charge in [-0.15, -0.1) is 0 Å². The minimum absolute atomic E-state index is 0.0801. The first-order chi connectivity index (χ1) is 14.5. The lowest BCUT2D eigenvalue weighted by molar-refractivity contribution is -0.136.